The van der Waals surface area contributed by atoms with Crippen molar-refractivity contribution in [1.82, 2.24) is 4.57 Å². The Hall–Kier alpha value is -3.54. The van der Waals surface area contributed by atoms with E-state index in [0.717, 1.165) is 54.2 Å². The van der Waals surface area contributed by atoms with Gasteiger partial charge in [0.15, 0.2) is 0 Å². The first-order chi connectivity index (χ1) is 20.8. The summed E-state index contributed by atoms with van der Waals surface area (Å²) in [5.74, 6) is 2.94. The van der Waals surface area contributed by atoms with E-state index < -0.39 is 0 Å². The van der Waals surface area contributed by atoms with Gasteiger partial charge >= 0.3 is 0 Å². The van der Waals surface area contributed by atoms with Gasteiger partial charge in [0.25, 0.3) is 0 Å². The minimum Gasteiger partial charge on any atom is -0.456 e. The maximum atomic E-state index is 6.59. The molecule has 6 aromatic rings. The van der Waals surface area contributed by atoms with E-state index in [1.54, 1.807) is 0 Å². The van der Waals surface area contributed by atoms with Gasteiger partial charge in [0.05, 0.1) is 25.7 Å². The van der Waals surface area contributed by atoms with Crippen LogP contribution >= 0.6 is 31.9 Å². The molecule has 0 saturated carbocycles. The summed E-state index contributed by atoms with van der Waals surface area (Å²) in [6.07, 6.45) is 0. The van der Waals surface area contributed by atoms with E-state index in [1.807, 2.05) is 55.5 Å². The average molecular weight is 712 g/mol. The summed E-state index contributed by atoms with van der Waals surface area (Å²) in [4.78, 5) is 0. The van der Waals surface area contributed by atoms with Gasteiger partial charge in [-0.15, -0.1) is 0 Å². The third-order valence-corrected chi connectivity index (χ3v) is 9.48. The third-order valence-electron chi connectivity index (χ3n) is 8.17. The highest BCUT2D eigenvalue weighted by Gasteiger charge is 2.22. The Labute approximate surface area is 277 Å². The molecular formula is C39H37Br2NO2. The van der Waals surface area contributed by atoms with Crippen LogP contribution in [0.5, 0.6) is 23.0 Å². The molecule has 0 aliphatic rings. The third kappa shape index (κ3) is 5.80. The summed E-state index contributed by atoms with van der Waals surface area (Å²) in [5, 5.41) is 2.47. The molecule has 0 saturated heterocycles. The number of ether oxygens (including phenoxy) is 2. The lowest BCUT2D eigenvalue weighted by molar-refractivity contribution is 0.450. The summed E-state index contributed by atoms with van der Waals surface area (Å²) < 4.78 is 17.3. The van der Waals surface area contributed by atoms with Gasteiger partial charge in [0.2, 0.25) is 0 Å². The van der Waals surface area contributed by atoms with Gasteiger partial charge < -0.3 is 14.0 Å². The lowest BCUT2D eigenvalue weighted by atomic mass is 9.85. The molecule has 0 radical (unpaired) electrons. The smallest absolute Gasteiger partial charge is 0.141 e. The Kier molecular flexibility index (Phi) is 7.92. The zero-order chi connectivity index (χ0) is 31.4. The average Bonchev–Trinajstić information content (AvgIpc) is 3.29. The van der Waals surface area contributed by atoms with Gasteiger partial charge in [-0.2, -0.15) is 0 Å². The Morgan fingerprint density at radius 1 is 0.523 bits per heavy atom. The zero-order valence-electron chi connectivity index (χ0n) is 26.3. The quantitative estimate of drug-likeness (QED) is 0.178. The molecule has 0 aliphatic carbocycles. The van der Waals surface area contributed by atoms with Crippen molar-refractivity contribution in [3.63, 3.8) is 0 Å². The van der Waals surface area contributed by atoms with Crippen LogP contribution in [0.15, 0.2) is 106 Å². The molecule has 0 fully saturated rings. The Balaban J connectivity index is 1.64. The largest absolute Gasteiger partial charge is 0.456 e. The number of aromatic nitrogens is 1. The van der Waals surface area contributed by atoms with E-state index in [0.29, 0.717) is 0 Å². The highest BCUT2D eigenvalue weighted by atomic mass is 79.9. The van der Waals surface area contributed by atoms with Crippen molar-refractivity contribution < 1.29 is 9.47 Å². The van der Waals surface area contributed by atoms with Crippen molar-refractivity contribution in [1.29, 1.82) is 0 Å². The number of benzene rings is 5. The predicted molar refractivity (Wildman–Crippen MR) is 191 cm³/mol. The second-order valence-electron chi connectivity index (χ2n) is 13.4. The number of hydrogen-bond donors (Lipinski definition) is 0. The molecule has 1 heterocycles. The molecule has 0 atom stereocenters. The van der Waals surface area contributed by atoms with E-state index in [4.69, 9.17) is 9.47 Å². The number of nitrogens with zero attached hydrogens (tertiary/aromatic N) is 1. The van der Waals surface area contributed by atoms with E-state index in [-0.39, 0.29) is 10.8 Å². The van der Waals surface area contributed by atoms with Gasteiger partial charge in [-0.05, 0) is 109 Å². The van der Waals surface area contributed by atoms with Crippen molar-refractivity contribution in [2.75, 3.05) is 0 Å². The van der Waals surface area contributed by atoms with E-state index in [2.05, 4.69) is 127 Å². The molecular weight excluding hydrogens is 674 g/mol. The van der Waals surface area contributed by atoms with Crippen LogP contribution in [-0.4, -0.2) is 4.57 Å². The van der Waals surface area contributed by atoms with Crippen LogP contribution < -0.4 is 9.47 Å². The molecule has 0 amide bonds. The Morgan fingerprint density at radius 3 is 1.32 bits per heavy atom. The lowest BCUT2D eigenvalue weighted by Crippen LogP contribution is -2.10. The SMILES string of the molecule is Cc1c(Oc2ccccc2Br)cc(-n2c3ccc(C(C)(C)C)cc3c3cc(C(C)(C)C)ccc32)cc1Oc1ccccc1Br. The van der Waals surface area contributed by atoms with Gasteiger partial charge in [0, 0.05) is 28.5 Å². The molecule has 44 heavy (non-hydrogen) atoms. The van der Waals surface area contributed by atoms with Crippen LogP contribution in [0, 0.1) is 6.92 Å². The van der Waals surface area contributed by atoms with Gasteiger partial charge in [-0.3, -0.25) is 0 Å². The number of hydrogen-bond acceptors (Lipinski definition) is 2. The van der Waals surface area contributed by atoms with Crippen molar-refractivity contribution in [3.05, 3.63) is 123 Å². The standard InChI is InChI=1S/C39H37Br2NO2/c1-24-36(43-34-14-10-8-12-30(34)40)22-27(23-37(24)44-35-15-11-9-13-31(35)41)42-32-18-16-25(38(2,3)4)20-28(32)29-21-26(39(5,6)7)17-19-33(29)42/h8-23H,1-7H3. The van der Waals surface area contributed by atoms with Crippen LogP contribution in [0.4, 0.5) is 0 Å². The number of fused-ring (bicyclic) bond motifs is 3. The fourth-order valence-electron chi connectivity index (χ4n) is 5.52. The molecule has 6 rings (SSSR count). The topological polar surface area (TPSA) is 23.4 Å². The van der Waals surface area contributed by atoms with Crippen molar-refractivity contribution in [2.45, 2.75) is 59.3 Å². The summed E-state index contributed by atoms with van der Waals surface area (Å²) in [6.45, 7) is 15.7. The van der Waals surface area contributed by atoms with Gasteiger partial charge in [-0.25, -0.2) is 0 Å². The first-order valence-electron chi connectivity index (χ1n) is 14.9. The second-order valence-corrected chi connectivity index (χ2v) is 15.1. The monoisotopic (exact) mass is 709 g/mol. The summed E-state index contributed by atoms with van der Waals surface area (Å²) in [7, 11) is 0. The summed E-state index contributed by atoms with van der Waals surface area (Å²) >= 11 is 7.32. The highest BCUT2D eigenvalue weighted by Crippen LogP contribution is 2.43. The molecule has 0 N–H and O–H groups in total. The van der Waals surface area contributed by atoms with Gasteiger partial charge in [-0.1, -0.05) is 77.9 Å². The Bertz CT molecular complexity index is 1890. The summed E-state index contributed by atoms with van der Waals surface area (Å²) in [6, 6.07) is 33.8. The maximum absolute atomic E-state index is 6.59. The van der Waals surface area contributed by atoms with Crippen molar-refractivity contribution >= 4 is 53.7 Å². The molecule has 5 heteroatoms. The molecule has 3 nitrogen and oxygen atoms in total. The van der Waals surface area contributed by atoms with Crippen LogP contribution in [-0.2, 0) is 10.8 Å². The minimum atomic E-state index is 0.0300. The molecule has 0 bridgehead atoms. The highest BCUT2D eigenvalue weighted by molar-refractivity contribution is 9.10. The van der Waals surface area contributed by atoms with Crippen molar-refractivity contribution in [3.8, 4) is 28.7 Å². The van der Waals surface area contributed by atoms with Crippen molar-refractivity contribution in [2.24, 2.45) is 0 Å². The molecule has 0 spiro atoms. The normalized spacial score (nSPS) is 12.2. The minimum absolute atomic E-state index is 0.0300. The number of para-hydroxylation sites is 2. The van der Waals surface area contributed by atoms with Crippen LogP contribution in [0.1, 0.15) is 58.2 Å². The molecule has 0 aliphatic heterocycles. The van der Waals surface area contributed by atoms with Crippen LogP contribution in [0.2, 0.25) is 0 Å². The Morgan fingerprint density at radius 2 is 0.932 bits per heavy atom. The van der Waals surface area contributed by atoms with Crippen LogP contribution in [0.3, 0.4) is 0 Å². The molecule has 1 aromatic heterocycles. The second kappa shape index (κ2) is 11.4. The van der Waals surface area contributed by atoms with Crippen LogP contribution in [0.25, 0.3) is 27.5 Å². The van der Waals surface area contributed by atoms with Gasteiger partial charge in [0.1, 0.15) is 23.0 Å². The lowest BCUT2D eigenvalue weighted by Gasteiger charge is -2.20. The zero-order valence-corrected chi connectivity index (χ0v) is 29.4. The molecule has 0 unspecified atom stereocenters. The molecule has 224 valence electrons. The summed E-state index contributed by atoms with van der Waals surface area (Å²) in [5.41, 5.74) is 6.83. The predicted octanol–water partition coefficient (Wildman–Crippen LogP) is 12.8. The maximum Gasteiger partial charge on any atom is 0.141 e. The fraction of sp³-hybridized carbons (Fsp3) is 0.231. The number of rotatable bonds is 5. The van der Waals surface area contributed by atoms with E-state index >= 15 is 0 Å². The van der Waals surface area contributed by atoms with E-state index in [1.165, 1.54) is 21.9 Å². The first kappa shape index (κ1) is 30.5. The van der Waals surface area contributed by atoms with E-state index in [9.17, 15) is 0 Å². The fourth-order valence-corrected chi connectivity index (χ4v) is 6.25. The first-order valence-corrected chi connectivity index (χ1v) is 16.5. The molecule has 5 aromatic carbocycles. The number of halogens is 2.